The molecule has 0 saturated heterocycles. The maximum Gasteiger partial charge on any atom is 0.163 e. The molecule has 0 spiro atoms. The van der Waals surface area contributed by atoms with Crippen LogP contribution in [0, 0.1) is 11.6 Å². The SMILES string of the molecule is CSC(C)CCNCc1cccc(F)c1F. The first kappa shape index (κ1) is 13.5. The molecule has 0 bridgehead atoms. The van der Waals surface area contributed by atoms with Crippen molar-refractivity contribution in [2.24, 2.45) is 0 Å². The van der Waals surface area contributed by atoms with Crippen molar-refractivity contribution < 1.29 is 8.78 Å². The summed E-state index contributed by atoms with van der Waals surface area (Å²) in [6, 6.07) is 4.26. The Morgan fingerprint density at radius 2 is 2.12 bits per heavy atom. The van der Waals surface area contributed by atoms with Crippen molar-refractivity contribution in [2.75, 3.05) is 12.8 Å². The molecule has 1 aromatic rings. The van der Waals surface area contributed by atoms with Crippen molar-refractivity contribution >= 4 is 11.8 Å². The largest absolute Gasteiger partial charge is 0.313 e. The van der Waals surface area contributed by atoms with Crippen LogP contribution in [0.5, 0.6) is 0 Å². The van der Waals surface area contributed by atoms with Crippen molar-refractivity contribution in [3.63, 3.8) is 0 Å². The molecule has 1 atom stereocenters. The number of hydrogen-bond donors (Lipinski definition) is 1. The Hall–Kier alpha value is -0.610. The minimum atomic E-state index is -0.781. The van der Waals surface area contributed by atoms with Gasteiger partial charge in [-0.2, -0.15) is 11.8 Å². The van der Waals surface area contributed by atoms with E-state index in [4.69, 9.17) is 0 Å². The summed E-state index contributed by atoms with van der Waals surface area (Å²) >= 11 is 1.80. The summed E-state index contributed by atoms with van der Waals surface area (Å²) in [6.07, 6.45) is 3.09. The standard InChI is InChI=1S/C12H17F2NS/c1-9(16-2)6-7-15-8-10-4-3-5-11(13)12(10)14/h3-5,9,15H,6-8H2,1-2H3. The van der Waals surface area contributed by atoms with Gasteiger partial charge in [0, 0.05) is 17.4 Å². The third kappa shape index (κ3) is 4.10. The normalized spacial score (nSPS) is 12.8. The van der Waals surface area contributed by atoms with Crippen LogP contribution in [0.1, 0.15) is 18.9 Å². The van der Waals surface area contributed by atoms with Gasteiger partial charge in [0.1, 0.15) is 0 Å². The van der Waals surface area contributed by atoms with Gasteiger partial charge in [-0.05, 0) is 25.3 Å². The first-order chi connectivity index (χ1) is 7.65. The van der Waals surface area contributed by atoms with Gasteiger partial charge in [-0.25, -0.2) is 8.78 Å². The average Bonchev–Trinajstić information content (AvgIpc) is 2.29. The van der Waals surface area contributed by atoms with Crippen molar-refractivity contribution in [1.82, 2.24) is 5.32 Å². The Labute approximate surface area is 99.6 Å². The highest BCUT2D eigenvalue weighted by Crippen LogP contribution is 2.11. The summed E-state index contributed by atoms with van der Waals surface area (Å²) in [4.78, 5) is 0. The zero-order valence-electron chi connectivity index (χ0n) is 9.59. The molecule has 1 nitrogen and oxygen atoms in total. The third-order valence-electron chi connectivity index (χ3n) is 2.48. The number of nitrogens with one attached hydrogen (secondary N) is 1. The lowest BCUT2D eigenvalue weighted by molar-refractivity contribution is 0.492. The third-order valence-corrected chi connectivity index (χ3v) is 3.52. The fourth-order valence-corrected chi connectivity index (χ4v) is 1.68. The molecule has 1 rings (SSSR count). The molecular formula is C12H17F2NS. The Morgan fingerprint density at radius 1 is 1.38 bits per heavy atom. The molecule has 0 fully saturated rings. The van der Waals surface area contributed by atoms with E-state index in [1.807, 2.05) is 0 Å². The van der Waals surface area contributed by atoms with Crippen molar-refractivity contribution in [3.8, 4) is 0 Å². The summed E-state index contributed by atoms with van der Waals surface area (Å²) in [5.74, 6) is -1.52. The predicted molar refractivity (Wildman–Crippen MR) is 65.7 cm³/mol. The number of rotatable bonds is 6. The predicted octanol–water partition coefficient (Wildman–Crippen LogP) is 3.20. The summed E-state index contributed by atoms with van der Waals surface area (Å²) in [5.41, 5.74) is 0.386. The summed E-state index contributed by atoms with van der Waals surface area (Å²) < 4.78 is 26.1. The fraction of sp³-hybridized carbons (Fsp3) is 0.500. The van der Waals surface area contributed by atoms with Crippen LogP contribution in [0.15, 0.2) is 18.2 Å². The molecule has 16 heavy (non-hydrogen) atoms. The van der Waals surface area contributed by atoms with Gasteiger partial charge in [0.2, 0.25) is 0 Å². The molecule has 0 aliphatic heterocycles. The van der Waals surface area contributed by atoms with Crippen LogP contribution < -0.4 is 5.32 Å². The van der Waals surface area contributed by atoms with E-state index in [1.54, 1.807) is 17.8 Å². The molecule has 0 aliphatic carbocycles. The summed E-state index contributed by atoms with van der Waals surface area (Å²) in [7, 11) is 0. The first-order valence-electron chi connectivity index (χ1n) is 5.31. The minimum absolute atomic E-state index is 0.380. The second-order valence-electron chi connectivity index (χ2n) is 3.72. The molecule has 0 radical (unpaired) electrons. The van der Waals surface area contributed by atoms with Crippen LogP contribution in [-0.2, 0) is 6.54 Å². The lowest BCUT2D eigenvalue weighted by Crippen LogP contribution is -2.18. The van der Waals surface area contributed by atoms with E-state index < -0.39 is 11.6 Å². The van der Waals surface area contributed by atoms with Gasteiger partial charge in [0.15, 0.2) is 11.6 Å². The number of halogens is 2. The Balaban J connectivity index is 2.35. The van der Waals surface area contributed by atoms with Crippen molar-refractivity contribution in [1.29, 1.82) is 0 Å². The quantitative estimate of drug-likeness (QED) is 0.772. The Bertz CT molecular complexity index is 331. The van der Waals surface area contributed by atoms with Gasteiger partial charge in [-0.15, -0.1) is 0 Å². The number of thioether (sulfide) groups is 1. The molecular weight excluding hydrogens is 228 g/mol. The zero-order chi connectivity index (χ0) is 12.0. The van der Waals surface area contributed by atoms with Gasteiger partial charge < -0.3 is 5.32 Å². The lowest BCUT2D eigenvalue weighted by Gasteiger charge is -2.09. The minimum Gasteiger partial charge on any atom is -0.313 e. The molecule has 0 saturated carbocycles. The molecule has 0 amide bonds. The van der Waals surface area contributed by atoms with Crippen LogP contribution in [0.4, 0.5) is 8.78 Å². The molecule has 0 aliphatic rings. The maximum atomic E-state index is 13.2. The van der Waals surface area contributed by atoms with Gasteiger partial charge in [-0.3, -0.25) is 0 Å². The molecule has 1 unspecified atom stereocenters. The van der Waals surface area contributed by atoms with Crippen LogP contribution in [0.3, 0.4) is 0 Å². The highest BCUT2D eigenvalue weighted by atomic mass is 32.2. The average molecular weight is 245 g/mol. The Morgan fingerprint density at radius 3 is 2.81 bits per heavy atom. The molecule has 90 valence electrons. The first-order valence-corrected chi connectivity index (χ1v) is 6.60. The zero-order valence-corrected chi connectivity index (χ0v) is 10.4. The van der Waals surface area contributed by atoms with E-state index in [9.17, 15) is 8.78 Å². The van der Waals surface area contributed by atoms with Crippen molar-refractivity contribution in [3.05, 3.63) is 35.4 Å². The highest BCUT2D eigenvalue weighted by molar-refractivity contribution is 7.99. The van der Waals surface area contributed by atoms with Gasteiger partial charge in [0.25, 0.3) is 0 Å². The molecule has 1 N–H and O–H groups in total. The van der Waals surface area contributed by atoms with E-state index in [2.05, 4.69) is 18.5 Å². The van der Waals surface area contributed by atoms with Crippen LogP contribution >= 0.6 is 11.8 Å². The van der Waals surface area contributed by atoms with Crippen LogP contribution in [0.25, 0.3) is 0 Å². The van der Waals surface area contributed by atoms with Gasteiger partial charge in [-0.1, -0.05) is 19.1 Å². The van der Waals surface area contributed by atoms with E-state index in [0.717, 1.165) is 19.0 Å². The second-order valence-corrected chi connectivity index (χ2v) is 5.00. The van der Waals surface area contributed by atoms with E-state index in [-0.39, 0.29) is 0 Å². The van der Waals surface area contributed by atoms with Gasteiger partial charge >= 0.3 is 0 Å². The fourth-order valence-electron chi connectivity index (χ4n) is 1.33. The summed E-state index contributed by atoms with van der Waals surface area (Å²) in [6.45, 7) is 3.35. The molecule has 0 aromatic heterocycles. The van der Waals surface area contributed by atoms with E-state index >= 15 is 0 Å². The topological polar surface area (TPSA) is 12.0 Å². The monoisotopic (exact) mass is 245 g/mol. The Kier molecular flexibility index (Phi) is 5.77. The molecule has 1 aromatic carbocycles. The molecule has 0 heterocycles. The van der Waals surface area contributed by atoms with E-state index in [1.165, 1.54) is 6.07 Å². The molecule has 4 heteroatoms. The van der Waals surface area contributed by atoms with Gasteiger partial charge in [0.05, 0.1) is 0 Å². The van der Waals surface area contributed by atoms with Crippen LogP contribution in [0.2, 0.25) is 0 Å². The highest BCUT2D eigenvalue weighted by Gasteiger charge is 2.06. The smallest absolute Gasteiger partial charge is 0.163 e. The van der Waals surface area contributed by atoms with E-state index in [0.29, 0.717) is 17.4 Å². The summed E-state index contributed by atoms with van der Waals surface area (Å²) in [5, 5.41) is 3.70. The maximum absolute atomic E-state index is 13.2. The van der Waals surface area contributed by atoms with Crippen LogP contribution in [-0.4, -0.2) is 18.1 Å². The second kappa shape index (κ2) is 6.86. The lowest BCUT2D eigenvalue weighted by atomic mass is 10.2. The number of benzene rings is 1. The number of hydrogen-bond acceptors (Lipinski definition) is 2. The van der Waals surface area contributed by atoms with Crippen molar-refractivity contribution in [2.45, 2.75) is 25.1 Å².